The Bertz CT molecular complexity index is 346. The topological polar surface area (TPSA) is 146 Å². The van der Waals surface area contributed by atoms with E-state index in [0.29, 0.717) is 0 Å². The van der Waals surface area contributed by atoms with Crippen molar-refractivity contribution in [2.75, 3.05) is 13.7 Å². The van der Waals surface area contributed by atoms with Gasteiger partial charge in [0.2, 0.25) is 0 Å². The molecule has 5 N–H and O–H groups in total. The van der Waals surface area contributed by atoms with E-state index >= 15 is 0 Å². The molecule has 2 unspecified atom stereocenters. The summed E-state index contributed by atoms with van der Waals surface area (Å²) in [6.45, 7) is 0.920. The number of esters is 1. The van der Waals surface area contributed by atoms with Gasteiger partial charge in [-0.2, -0.15) is 0 Å². The van der Waals surface area contributed by atoms with Gasteiger partial charge >= 0.3 is 5.97 Å². The van der Waals surface area contributed by atoms with E-state index in [1.807, 2.05) is 0 Å². The van der Waals surface area contributed by atoms with E-state index in [2.05, 4.69) is 4.74 Å². The minimum Gasteiger partial charge on any atom is -0.469 e. The molecule has 1 aliphatic rings. The fourth-order valence-electron chi connectivity index (χ4n) is 2.21. The van der Waals surface area contributed by atoms with Gasteiger partial charge in [-0.1, -0.05) is 0 Å². The van der Waals surface area contributed by atoms with E-state index in [4.69, 9.17) is 14.6 Å². The van der Waals surface area contributed by atoms with E-state index < -0.39 is 55.5 Å². The molecule has 1 rings (SSSR count). The Kier molecular flexibility index (Phi) is 7.63. The lowest BCUT2D eigenvalue weighted by atomic mass is 9.99. The van der Waals surface area contributed by atoms with Gasteiger partial charge in [-0.05, 0) is 13.3 Å². The molecular formula is C13H24O9. The summed E-state index contributed by atoms with van der Waals surface area (Å²) in [5.41, 5.74) is 0. The number of hydrogen-bond donors (Lipinski definition) is 5. The predicted octanol–water partition coefficient (Wildman–Crippen LogP) is -2.49. The van der Waals surface area contributed by atoms with Crippen LogP contribution in [0.25, 0.3) is 0 Å². The molecule has 0 saturated carbocycles. The summed E-state index contributed by atoms with van der Waals surface area (Å²) >= 11 is 0. The summed E-state index contributed by atoms with van der Waals surface area (Å²) in [7, 11) is 1.20. The third kappa shape index (κ3) is 5.13. The quantitative estimate of drug-likeness (QED) is 0.321. The lowest BCUT2D eigenvalue weighted by Crippen LogP contribution is -2.59. The maximum atomic E-state index is 11.3. The van der Waals surface area contributed by atoms with Crippen LogP contribution in [0.3, 0.4) is 0 Å². The number of ether oxygens (including phenoxy) is 3. The van der Waals surface area contributed by atoms with Crippen LogP contribution in [0.5, 0.6) is 0 Å². The number of methoxy groups -OCH3 is 1. The molecule has 0 aromatic carbocycles. The van der Waals surface area contributed by atoms with E-state index in [-0.39, 0.29) is 12.8 Å². The van der Waals surface area contributed by atoms with Crippen LogP contribution < -0.4 is 0 Å². The highest BCUT2D eigenvalue weighted by atomic mass is 16.7. The molecule has 1 aliphatic heterocycles. The van der Waals surface area contributed by atoms with Crippen LogP contribution >= 0.6 is 0 Å². The van der Waals surface area contributed by atoms with E-state index in [9.17, 15) is 25.2 Å². The molecule has 1 heterocycles. The zero-order valence-corrected chi connectivity index (χ0v) is 12.5. The first-order chi connectivity index (χ1) is 10.3. The molecule has 9 heteroatoms. The molecule has 9 nitrogen and oxygen atoms in total. The van der Waals surface area contributed by atoms with Gasteiger partial charge in [-0.25, -0.2) is 0 Å². The minimum atomic E-state index is -1.57. The Balaban J connectivity index is 2.75. The van der Waals surface area contributed by atoms with Crippen LogP contribution in [0, 0.1) is 0 Å². The van der Waals surface area contributed by atoms with E-state index in [1.165, 1.54) is 14.0 Å². The second-order valence-corrected chi connectivity index (χ2v) is 5.32. The van der Waals surface area contributed by atoms with Crippen molar-refractivity contribution in [2.45, 2.75) is 62.7 Å². The molecule has 0 radical (unpaired) electrons. The number of aliphatic hydroxyl groups is 5. The molecule has 0 aromatic rings. The second kappa shape index (κ2) is 8.73. The molecule has 0 spiro atoms. The average molecular weight is 324 g/mol. The smallest absolute Gasteiger partial charge is 0.308 e. The first kappa shape index (κ1) is 19.2. The Labute approximate surface area is 128 Å². The SMILES string of the molecule is COC(=O)CC(CC(C)O)O[C@@H]1O[C@H](CO)[C@@H](O)[C@H](O)[C@H]1O. The van der Waals surface area contributed by atoms with Crippen LogP contribution in [-0.4, -0.2) is 88.1 Å². The lowest BCUT2D eigenvalue weighted by molar-refractivity contribution is -0.312. The predicted molar refractivity (Wildman–Crippen MR) is 71.6 cm³/mol. The zero-order valence-electron chi connectivity index (χ0n) is 12.5. The van der Waals surface area contributed by atoms with Crippen molar-refractivity contribution in [1.82, 2.24) is 0 Å². The van der Waals surface area contributed by atoms with Crippen LogP contribution in [-0.2, 0) is 19.0 Å². The summed E-state index contributed by atoms with van der Waals surface area (Å²) in [6.07, 6.45) is -8.80. The van der Waals surface area contributed by atoms with Crippen LogP contribution in [0.2, 0.25) is 0 Å². The summed E-state index contributed by atoms with van der Waals surface area (Å²) < 4.78 is 15.1. The summed E-state index contributed by atoms with van der Waals surface area (Å²) in [6, 6.07) is 0. The molecule has 130 valence electrons. The van der Waals surface area contributed by atoms with Gasteiger partial charge in [0.05, 0.1) is 32.3 Å². The first-order valence-corrected chi connectivity index (χ1v) is 7.01. The first-order valence-electron chi connectivity index (χ1n) is 7.01. The zero-order chi connectivity index (χ0) is 16.9. The summed E-state index contributed by atoms with van der Waals surface area (Å²) in [4.78, 5) is 11.3. The molecular weight excluding hydrogens is 300 g/mol. The van der Waals surface area contributed by atoms with Gasteiger partial charge < -0.3 is 39.7 Å². The summed E-state index contributed by atoms with van der Waals surface area (Å²) in [5.74, 6) is -0.574. The van der Waals surface area contributed by atoms with Gasteiger partial charge in [0.1, 0.15) is 24.4 Å². The molecule has 0 amide bonds. The standard InChI is InChI=1S/C13H24O9/c1-6(15)3-7(4-9(16)20-2)21-13-12(19)11(18)10(17)8(5-14)22-13/h6-8,10-15,17-19H,3-5H2,1-2H3/t6?,7?,8-,10-,11+,12-,13-/m1/s1. The Morgan fingerprint density at radius 2 is 1.86 bits per heavy atom. The molecule has 7 atom stereocenters. The Morgan fingerprint density at radius 1 is 1.23 bits per heavy atom. The highest BCUT2D eigenvalue weighted by molar-refractivity contribution is 5.69. The third-order valence-electron chi connectivity index (χ3n) is 3.40. The number of hydrogen-bond acceptors (Lipinski definition) is 9. The van der Waals surface area contributed by atoms with Crippen molar-refractivity contribution >= 4 is 5.97 Å². The maximum Gasteiger partial charge on any atom is 0.308 e. The third-order valence-corrected chi connectivity index (χ3v) is 3.40. The molecule has 0 bridgehead atoms. The van der Waals surface area contributed by atoms with Crippen molar-refractivity contribution in [3.63, 3.8) is 0 Å². The van der Waals surface area contributed by atoms with Crippen LogP contribution in [0.4, 0.5) is 0 Å². The van der Waals surface area contributed by atoms with Gasteiger partial charge in [-0.3, -0.25) is 4.79 Å². The molecule has 1 fully saturated rings. The Morgan fingerprint density at radius 3 is 2.36 bits per heavy atom. The normalized spacial score (nSPS) is 35.0. The highest BCUT2D eigenvalue weighted by Gasteiger charge is 2.45. The van der Waals surface area contributed by atoms with Crippen LogP contribution in [0.15, 0.2) is 0 Å². The number of aliphatic hydroxyl groups excluding tert-OH is 5. The molecule has 22 heavy (non-hydrogen) atoms. The molecule has 1 saturated heterocycles. The average Bonchev–Trinajstić information content (AvgIpc) is 2.46. The van der Waals surface area contributed by atoms with Gasteiger partial charge in [-0.15, -0.1) is 0 Å². The van der Waals surface area contributed by atoms with Gasteiger partial charge in [0.25, 0.3) is 0 Å². The van der Waals surface area contributed by atoms with Crippen molar-refractivity contribution in [2.24, 2.45) is 0 Å². The minimum absolute atomic E-state index is 0.0735. The largest absolute Gasteiger partial charge is 0.469 e. The van der Waals surface area contributed by atoms with Crippen molar-refractivity contribution in [3.8, 4) is 0 Å². The fourth-order valence-corrected chi connectivity index (χ4v) is 2.21. The van der Waals surface area contributed by atoms with Gasteiger partial charge in [0, 0.05) is 0 Å². The van der Waals surface area contributed by atoms with Gasteiger partial charge in [0.15, 0.2) is 6.29 Å². The van der Waals surface area contributed by atoms with E-state index in [0.717, 1.165) is 0 Å². The van der Waals surface area contributed by atoms with E-state index in [1.54, 1.807) is 0 Å². The number of rotatable bonds is 7. The van der Waals surface area contributed by atoms with Crippen molar-refractivity contribution in [3.05, 3.63) is 0 Å². The Hall–Kier alpha value is -0.810. The number of carbonyl (C=O) groups is 1. The van der Waals surface area contributed by atoms with Crippen molar-refractivity contribution < 1.29 is 44.5 Å². The summed E-state index contributed by atoms with van der Waals surface area (Å²) in [5, 5.41) is 47.8. The second-order valence-electron chi connectivity index (χ2n) is 5.32. The van der Waals surface area contributed by atoms with Crippen molar-refractivity contribution in [1.29, 1.82) is 0 Å². The molecule has 0 aliphatic carbocycles. The lowest BCUT2D eigenvalue weighted by Gasteiger charge is -2.40. The monoisotopic (exact) mass is 324 g/mol. The number of carbonyl (C=O) groups excluding carboxylic acids is 1. The maximum absolute atomic E-state index is 11.3. The highest BCUT2D eigenvalue weighted by Crippen LogP contribution is 2.24. The molecule has 0 aromatic heterocycles. The van der Waals surface area contributed by atoms with Crippen LogP contribution in [0.1, 0.15) is 19.8 Å². The fraction of sp³-hybridized carbons (Fsp3) is 0.923.